The van der Waals surface area contributed by atoms with E-state index in [-0.39, 0.29) is 5.91 Å². The van der Waals surface area contributed by atoms with Gasteiger partial charge in [-0.1, -0.05) is 78.9 Å². The second-order valence-corrected chi connectivity index (χ2v) is 7.01. The van der Waals surface area contributed by atoms with Crippen LogP contribution >= 0.6 is 0 Å². The molecule has 1 atom stereocenters. The van der Waals surface area contributed by atoms with Crippen molar-refractivity contribution < 1.29 is 14.3 Å². The molecule has 148 valence electrons. The third-order valence-electron chi connectivity index (χ3n) is 4.85. The van der Waals surface area contributed by atoms with E-state index in [0.717, 1.165) is 16.3 Å². The molecule has 0 fully saturated rings. The van der Waals surface area contributed by atoms with Gasteiger partial charge in [-0.2, -0.15) is 0 Å². The third kappa shape index (κ3) is 4.73. The molecule has 0 unspecified atom stereocenters. The summed E-state index contributed by atoms with van der Waals surface area (Å²) in [5.41, 5.74) is 1.43. The number of nitrogens with one attached hydrogen (secondary N) is 1. The summed E-state index contributed by atoms with van der Waals surface area (Å²) < 4.78 is 5.64. The van der Waals surface area contributed by atoms with Gasteiger partial charge in [0.1, 0.15) is 11.8 Å². The minimum Gasteiger partial charge on any atom is -0.425 e. The molecule has 0 spiro atoms. The Hall–Kier alpha value is -3.92. The molecule has 4 rings (SSSR count). The summed E-state index contributed by atoms with van der Waals surface area (Å²) in [5, 5.41) is 4.87. The summed E-state index contributed by atoms with van der Waals surface area (Å²) in [7, 11) is 0. The molecule has 1 N–H and O–H groups in total. The summed E-state index contributed by atoms with van der Waals surface area (Å²) in [6.45, 7) is 0. The van der Waals surface area contributed by atoms with E-state index in [1.807, 2.05) is 72.8 Å². The van der Waals surface area contributed by atoms with Gasteiger partial charge in [-0.05, 0) is 40.6 Å². The third-order valence-corrected chi connectivity index (χ3v) is 4.85. The van der Waals surface area contributed by atoms with Crippen molar-refractivity contribution in [3.8, 4) is 5.75 Å². The molecule has 0 aliphatic heterocycles. The number of fused-ring (bicyclic) bond motifs is 1. The fourth-order valence-electron chi connectivity index (χ4n) is 3.29. The van der Waals surface area contributed by atoms with Crippen molar-refractivity contribution in [1.29, 1.82) is 0 Å². The van der Waals surface area contributed by atoms with Crippen LogP contribution in [-0.4, -0.2) is 17.9 Å². The molecule has 1 amide bonds. The van der Waals surface area contributed by atoms with Gasteiger partial charge >= 0.3 is 5.97 Å². The Labute approximate surface area is 175 Å². The van der Waals surface area contributed by atoms with Gasteiger partial charge < -0.3 is 10.1 Å². The van der Waals surface area contributed by atoms with Crippen LogP contribution in [0.25, 0.3) is 10.8 Å². The molecule has 4 heteroatoms. The first kappa shape index (κ1) is 19.4. The fourth-order valence-corrected chi connectivity index (χ4v) is 3.29. The molecule has 0 bridgehead atoms. The van der Waals surface area contributed by atoms with Crippen LogP contribution in [0.15, 0.2) is 103 Å². The number of amides is 1. The molecule has 0 saturated carbocycles. The average Bonchev–Trinajstić information content (AvgIpc) is 2.80. The van der Waals surface area contributed by atoms with Gasteiger partial charge in [0.05, 0.1) is 0 Å². The minimum atomic E-state index is -0.813. The van der Waals surface area contributed by atoms with E-state index >= 15 is 0 Å². The van der Waals surface area contributed by atoms with E-state index in [1.54, 1.807) is 30.3 Å². The smallest absolute Gasteiger partial charge is 0.334 e. The van der Waals surface area contributed by atoms with E-state index < -0.39 is 12.0 Å². The van der Waals surface area contributed by atoms with Gasteiger partial charge in [0.2, 0.25) is 0 Å². The highest BCUT2D eigenvalue weighted by Gasteiger charge is 2.24. The van der Waals surface area contributed by atoms with Crippen molar-refractivity contribution in [1.82, 2.24) is 5.32 Å². The molecule has 30 heavy (non-hydrogen) atoms. The normalized spacial score (nSPS) is 11.6. The molecule has 0 aliphatic carbocycles. The lowest BCUT2D eigenvalue weighted by Crippen LogP contribution is -2.44. The zero-order valence-electron chi connectivity index (χ0n) is 16.3. The zero-order valence-corrected chi connectivity index (χ0v) is 16.3. The molecule has 4 aromatic rings. The Morgan fingerprint density at radius 2 is 1.37 bits per heavy atom. The summed E-state index contributed by atoms with van der Waals surface area (Å²) >= 11 is 0. The largest absolute Gasteiger partial charge is 0.425 e. The Balaban J connectivity index is 1.55. The second kappa shape index (κ2) is 9.05. The average molecular weight is 395 g/mol. The van der Waals surface area contributed by atoms with Gasteiger partial charge in [0.15, 0.2) is 0 Å². The molecule has 0 aromatic heterocycles. The van der Waals surface area contributed by atoms with Gasteiger partial charge in [-0.25, -0.2) is 4.79 Å². The monoisotopic (exact) mass is 395 g/mol. The number of carbonyl (C=O) groups is 2. The topological polar surface area (TPSA) is 55.4 Å². The lowest BCUT2D eigenvalue weighted by Gasteiger charge is -2.18. The van der Waals surface area contributed by atoms with Gasteiger partial charge in [-0.3, -0.25) is 4.79 Å². The second-order valence-electron chi connectivity index (χ2n) is 7.01. The van der Waals surface area contributed by atoms with Crippen molar-refractivity contribution in [2.45, 2.75) is 12.5 Å². The first-order valence-electron chi connectivity index (χ1n) is 9.79. The van der Waals surface area contributed by atoms with Crippen LogP contribution in [0.3, 0.4) is 0 Å². The SMILES string of the molecule is O=C(N[C@@H](Cc1ccccc1)C(=O)Oc1ccc2ccccc2c1)c1ccccc1. The predicted molar refractivity (Wildman–Crippen MR) is 117 cm³/mol. The summed E-state index contributed by atoms with van der Waals surface area (Å²) in [6, 6.07) is 30.9. The summed E-state index contributed by atoms with van der Waals surface area (Å²) in [6.07, 6.45) is 0.339. The molecule has 0 aliphatic rings. The number of rotatable bonds is 6. The van der Waals surface area contributed by atoms with Gasteiger partial charge in [-0.15, -0.1) is 0 Å². The summed E-state index contributed by atoms with van der Waals surface area (Å²) in [4.78, 5) is 25.6. The number of hydrogen-bond acceptors (Lipinski definition) is 3. The number of esters is 1. The van der Waals surface area contributed by atoms with Gasteiger partial charge in [0.25, 0.3) is 5.91 Å². The first-order valence-corrected chi connectivity index (χ1v) is 9.79. The number of carbonyl (C=O) groups excluding carboxylic acids is 2. The number of hydrogen-bond donors (Lipinski definition) is 1. The van der Waals surface area contributed by atoms with Crippen molar-refractivity contribution >= 4 is 22.6 Å². The van der Waals surface area contributed by atoms with Crippen LogP contribution < -0.4 is 10.1 Å². The highest BCUT2D eigenvalue weighted by molar-refractivity contribution is 5.97. The molecule has 0 heterocycles. The van der Waals surface area contributed by atoms with Gasteiger partial charge in [0, 0.05) is 12.0 Å². The number of benzene rings is 4. The molecule has 4 nitrogen and oxygen atoms in total. The summed E-state index contributed by atoms with van der Waals surface area (Å²) in [5.74, 6) is -0.365. The van der Waals surface area contributed by atoms with Crippen LogP contribution in [0.2, 0.25) is 0 Å². The van der Waals surface area contributed by atoms with Crippen LogP contribution in [0.4, 0.5) is 0 Å². The Kier molecular flexibility index (Phi) is 5.85. The van der Waals surface area contributed by atoms with Crippen LogP contribution in [0.5, 0.6) is 5.75 Å². The Bertz CT molecular complexity index is 1160. The van der Waals surface area contributed by atoms with E-state index in [9.17, 15) is 9.59 Å². The maximum atomic E-state index is 13.0. The predicted octanol–water partition coefficient (Wildman–Crippen LogP) is 4.79. The molecule has 0 radical (unpaired) electrons. The van der Waals surface area contributed by atoms with Crippen molar-refractivity contribution in [3.63, 3.8) is 0 Å². The number of ether oxygens (including phenoxy) is 1. The van der Waals surface area contributed by atoms with E-state index in [1.165, 1.54) is 0 Å². The van der Waals surface area contributed by atoms with Crippen LogP contribution in [-0.2, 0) is 11.2 Å². The highest BCUT2D eigenvalue weighted by atomic mass is 16.5. The molecule has 4 aromatic carbocycles. The van der Waals surface area contributed by atoms with E-state index in [4.69, 9.17) is 4.74 Å². The first-order chi connectivity index (χ1) is 14.7. The lowest BCUT2D eigenvalue weighted by molar-refractivity contribution is -0.136. The van der Waals surface area contributed by atoms with Crippen molar-refractivity contribution in [2.24, 2.45) is 0 Å². The van der Waals surface area contributed by atoms with E-state index in [2.05, 4.69) is 5.32 Å². The maximum absolute atomic E-state index is 13.0. The Morgan fingerprint density at radius 1 is 0.733 bits per heavy atom. The molecule has 0 saturated heterocycles. The van der Waals surface area contributed by atoms with Crippen molar-refractivity contribution in [3.05, 3.63) is 114 Å². The minimum absolute atomic E-state index is 0.313. The molecular weight excluding hydrogens is 374 g/mol. The fraction of sp³-hybridized carbons (Fsp3) is 0.0769. The standard InChI is InChI=1S/C26H21NO3/c28-25(21-12-5-2-6-13-21)27-24(17-19-9-3-1-4-10-19)26(29)30-23-16-15-20-11-7-8-14-22(20)18-23/h1-16,18,24H,17H2,(H,27,28)/t24-/m0/s1. The van der Waals surface area contributed by atoms with Crippen LogP contribution in [0.1, 0.15) is 15.9 Å². The quantitative estimate of drug-likeness (QED) is 0.377. The zero-order chi connectivity index (χ0) is 20.8. The maximum Gasteiger partial charge on any atom is 0.334 e. The van der Waals surface area contributed by atoms with Crippen LogP contribution in [0, 0.1) is 0 Å². The van der Waals surface area contributed by atoms with Crippen molar-refractivity contribution in [2.75, 3.05) is 0 Å². The lowest BCUT2D eigenvalue weighted by atomic mass is 10.1. The molecular formula is C26H21NO3. The van der Waals surface area contributed by atoms with E-state index in [0.29, 0.717) is 17.7 Å². The highest BCUT2D eigenvalue weighted by Crippen LogP contribution is 2.21. The Morgan fingerprint density at radius 3 is 2.10 bits per heavy atom.